The van der Waals surface area contributed by atoms with E-state index in [2.05, 4.69) is 38.4 Å². The minimum absolute atomic E-state index is 0. The van der Waals surface area contributed by atoms with Crippen LogP contribution in [0.15, 0.2) is 56.9 Å². The fourth-order valence-electron chi connectivity index (χ4n) is 2.31. The molecule has 191 valence electrons. The van der Waals surface area contributed by atoms with Crippen LogP contribution in [0, 0.1) is 11.3 Å². The summed E-state index contributed by atoms with van der Waals surface area (Å²) in [6.45, 7) is 10.4. The minimum Gasteiger partial charge on any atom is -0.778 e. The molecule has 0 atom stereocenters. The average Bonchev–Trinajstić information content (AvgIpc) is 3.33. The van der Waals surface area contributed by atoms with E-state index in [1.54, 1.807) is 24.3 Å². The molecule has 0 aliphatic carbocycles. The number of anilines is 1. The summed E-state index contributed by atoms with van der Waals surface area (Å²) in [6.07, 6.45) is 2.59. The Morgan fingerprint density at radius 3 is 2.24 bits per heavy atom. The number of benzene rings is 1. The minimum atomic E-state index is -0.143. The SMILES string of the molecule is C=O.CC(C)CC/C(C(N)=Nc1ccc(N)cc1[S-])=C(/O)C(=N)c1cccs1.CCC.CN.[Os+]. The van der Waals surface area contributed by atoms with Gasteiger partial charge in [-0.15, -0.1) is 16.2 Å². The molecule has 1 radical (unpaired) electrons. The van der Waals surface area contributed by atoms with Crippen LogP contribution < -0.4 is 17.2 Å². The van der Waals surface area contributed by atoms with E-state index in [-0.39, 0.29) is 37.1 Å². The van der Waals surface area contributed by atoms with Crippen molar-refractivity contribution < 1.29 is 29.7 Å². The zero-order valence-electron chi connectivity index (χ0n) is 20.6. The quantitative estimate of drug-likeness (QED) is 0.0874. The Labute approximate surface area is 226 Å². The number of carbonyl (C=O) groups excluding carboxylic acids is 1. The number of amidine groups is 1. The second-order valence-electron chi connectivity index (χ2n) is 7.04. The molecule has 0 spiro atoms. The van der Waals surface area contributed by atoms with E-state index in [4.69, 9.17) is 34.3 Å². The molecule has 0 saturated heterocycles. The van der Waals surface area contributed by atoms with E-state index in [9.17, 15) is 5.11 Å². The van der Waals surface area contributed by atoms with Crippen LogP contribution in [0.4, 0.5) is 11.4 Å². The number of nitrogen functional groups attached to an aromatic ring is 1. The van der Waals surface area contributed by atoms with Gasteiger partial charge in [0.1, 0.15) is 24.1 Å². The maximum absolute atomic E-state index is 10.7. The van der Waals surface area contributed by atoms with E-state index < -0.39 is 0 Å². The Hall–Kier alpha value is -2.11. The molecule has 0 amide bonds. The summed E-state index contributed by atoms with van der Waals surface area (Å²) in [7, 11) is 1.50. The number of hydrogen-bond donors (Lipinski definition) is 5. The van der Waals surface area contributed by atoms with Crippen molar-refractivity contribution in [2.24, 2.45) is 22.4 Å². The third-order valence-corrected chi connectivity index (χ3v) is 5.01. The second-order valence-corrected chi connectivity index (χ2v) is 8.43. The number of rotatable bonds is 7. The Balaban J connectivity index is -0.00000109. The zero-order valence-corrected chi connectivity index (χ0v) is 24.7. The summed E-state index contributed by atoms with van der Waals surface area (Å²) in [4.78, 5) is 13.6. The van der Waals surface area contributed by atoms with Gasteiger partial charge < -0.3 is 39.7 Å². The van der Waals surface area contributed by atoms with Crippen molar-refractivity contribution >= 4 is 53.7 Å². The molecule has 0 fully saturated rings. The van der Waals surface area contributed by atoms with Crippen LogP contribution in [0.1, 0.15) is 51.8 Å². The Morgan fingerprint density at radius 2 is 1.79 bits per heavy atom. The second kappa shape index (κ2) is 21.4. The predicted octanol–water partition coefficient (Wildman–Crippen LogP) is 5.34. The van der Waals surface area contributed by atoms with Gasteiger partial charge in [0.05, 0.1) is 4.88 Å². The molecule has 0 saturated carbocycles. The normalized spacial score (nSPS) is 10.7. The van der Waals surface area contributed by atoms with Crippen molar-refractivity contribution in [3.05, 3.63) is 51.9 Å². The molecular weight excluding hydrogens is 645 g/mol. The number of nitrogens with one attached hydrogen (secondary N) is 1. The molecule has 0 bridgehead atoms. The van der Waals surface area contributed by atoms with Gasteiger partial charge >= 0.3 is 19.8 Å². The third kappa shape index (κ3) is 13.6. The van der Waals surface area contributed by atoms with Crippen molar-refractivity contribution in [2.75, 3.05) is 12.8 Å². The van der Waals surface area contributed by atoms with Gasteiger partial charge in [0.15, 0.2) is 0 Å². The van der Waals surface area contributed by atoms with Crippen LogP contribution >= 0.6 is 11.3 Å². The summed E-state index contributed by atoms with van der Waals surface area (Å²) in [5, 5.41) is 20.8. The van der Waals surface area contributed by atoms with E-state index in [1.165, 1.54) is 24.8 Å². The van der Waals surface area contributed by atoms with Crippen molar-refractivity contribution in [1.29, 1.82) is 5.41 Å². The summed E-state index contributed by atoms with van der Waals surface area (Å²) < 4.78 is 0. The molecule has 0 aliphatic heterocycles. The molecule has 0 unspecified atom stereocenters. The topological polar surface area (TPSA) is 152 Å². The number of thiophene rings is 1. The number of nitrogens with zero attached hydrogens (tertiary/aromatic N) is 1. The van der Waals surface area contributed by atoms with Gasteiger partial charge in [-0.3, -0.25) is 5.41 Å². The average molecular weight is 683 g/mol. The number of aliphatic hydroxyl groups is 1. The summed E-state index contributed by atoms with van der Waals surface area (Å²) in [5.74, 6) is 0.448. The largest absolute Gasteiger partial charge is 1.00 e. The van der Waals surface area contributed by atoms with Crippen LogP contribution in [0.5, 0.6) is 0 Å². The summed E-state index contributed by atoms with van der Waals surface area (Å²) >= 11 is 6.66. The summed E-state index contributed by atoms with van der Waals surface area (Å²) in [5.41, 5.74) is 18.0. The van der Waals surface area contributed by atoms with Gasteiger partial charge in [-0.2, -0.15) is 0 Å². The first-order valence-electron chi connectivity index (χ1n) is 10.5. The van der Waals surface area contributed by atoms with E-state index in [0.29, 0.717) is 39.1 Å². The molecule has 0 aliphatic rings. The standard InChI is InChI=1S/C19H24N4OS2.C3H8.CH5N.CH2O.Os/c1-11(2)5-7-13(18(24)17(21)16-4-3-9-26-16)19(22)23-14-8-6-12(20)10-15(14)25;1-3-2;2*1-2;/h3-4,6,8-11,21,24-25H,5,7,20H2,1-2H3,(H2,22,23);3H2,1-2H3;2H2,1H3;1H2;/q;;;;+1/p-1/b18-13-,21-17?;;;;. The molecule has 10 heteroatoms. The molecule has 2 rings (SSSR count). The maximum atomic E-state index is 10.7. The van der Waals surface area contributed by atoms with Crippen molar-refractivity contribution in [2.45, 2.75) is 51.9 Å². The number of hydrogen-bond acceptors (Lipinski definition) is 8. The first-order valence-corrected chi connectivity index (χ1v) is 11.8. The van der Waals surface area contributed by atoms with Crippen molar-refractivity contribution in [3.63, 3.8) is 0 Å². The number of allylic oxidation sites excluding steroid dienone is 1. The number of aliphatic hydroxyl groups excluding tert-OH is 1. The fraction of sp³-hybridized carbons (Fsp3) is 0.375. The Morgan fingerprint density at radius 1 is 1.24 bits per heavy atom. The molecule has 2 aromatic rings. The number of nitrogens with two attached hydrogens (primary N) is 3. The smallest absolute Gasteiger partial charge is 0.778 e. The van der Waals surface area contributed by atoms with Crippen LogP contribution in [-0.4, -0.2) is 30.5 Å². The number of carbonyl (C=O) groups is 1. The monoisotopic (exact) mass is 684 g/mol. The van der Waals surface area contributed by atoms with E-state index in [0.717, 1.165) is 6.42 Å². The van der Waals surface area contributed by atoms with E-state index in [1.807, 2.05) is 18.2 Å². The van der Waals surface area contributed by atoms with Crippen LogP contribution in [-0.2, 0) is 37.2 Å². The van der Waals surface area contributed by atoms with Gasteiger partial charge in [0, 0.05) is 16.9 Å². The molecular formula is C24H38N5O2OsS2. The molecule has 34 heavy (non-hydrogen) atoms. The first-order chi connectivity index (χ1) is 15.7. The van der Waals surface area contributed by atoms with Crippen molar-refractivity contribution in [1.82, 2.24) is 0 Å². The molecule has 1 heterocycles. The molecule has 1 aromatic heterocycles. The molecule has 8 N–H and O–H groups in total. The molecule has 1 aromatic carbocycles. The Bertz CT molecular complexity index is 885. The fourth-order valence-corrected chi connectivity index (χ4v) is 3.23. The maximum Gasteiger partial charge on any atom is 1.00 e. The van der Waals surface area contributed by atoms with Gasteiger partial charge in [0.2, 0.25) is 0 Å². The van der Waals surface area contributed by atoms with Gasteiger partial charge in [-0.1, -0.05) is 46.2 Å². The van der Waals surface area contributed by atoms with Gasteiger partial charge in [-0.25, -0.2) is 4.99 Å². The van der Waals surface area contributed by atoms with Gasteiger partial charge in [0.25, 0.3) is 0 Å². The first kappa shape index (κ1) is 36.5. The van der Waals surface area contributed by atoms with Crippen LogP contribution in [0.3, 0.4) is 0 Å². The molecule has 7 nitrogen and oxygen atoms in total. The van der Waals surface area contributed by atoms with Crippen molar-refractivity contribution in [3.8, 4) is 0 Å². The zero-order chi connectivity index (χ0) is 26.0. The third-order valence-electron chi connectivity index (χ3n) is 3.80. The summed E-state index contributed by atoms with van der Waals surface area (Å²) in [6, 6.07) is 8.68. The number of aliphatic imine (C=N–C) groups is 1. The predicted molar refractivity (Wildman–Crippen MR) is 146 cm³/mol. The van der Waals surface area contributed by atoms with E-state index >= 15 is 0 Å². The Kier molecular flexibility index (Phi) is 23.0. The van der Waals surface area contributed by atoms with Gasteiger partial charge in [-0.05, 0) is 49.4 Å². The van der Waals surface area contributed by atoms with Crippen LogP contribution in [0.2, 0.25) is 0 Å². The van der Waals surface area contributed by atoms with Crippen LogP contribution in [0.25, 0.3) is 0 Å².